The Morgan fingerprint density at radius 2 is 1.71 bits per heavy atom. The summed E-state index contributed by atoms with van der Waals surface area (Å²) in [4.78, 5) is 12.2. The fourth-order valence-corrected chi connectivity index (χ4v) is 2.24. The number of hydrogen-bond acceptors (Lipinski definition) is 3. The highest BCUT2D eigenvalue weighted by atomic mass is 32.2. The van der Waals surface area contributed by atoms with Crippen molar-refractivity contribution >= 4 is 17.7 Å². The lowest BCUT2D eigenvalue weighted by atomic mass is 10.0. The van der Waals surface area contributed by atoms with Crippen molar-refractivity contribution < 1.29 is 9.53 Å². The first-order chi connectivity index (χ1) is 10.1. The first-order valence-electron chi connectivity index (χ1n) is 7.66. The van der Waals surface area contributed by atoms with E-state index in [1.165, 1.54) is 4.90 Å². The van der Waals surface area contributed by atoms with Gasteiger partial charge >= 0.3 is 0 Å². The van der Waals surface area contributed by atoms with Crippen molar-refractivity contribution in [2.45, 2.75) is 51.9 Å². The van der Waals surface area contributed by atoms with Gasteiger partial charge in [-0.1, -0.05) is 39.8 Å². The lowest BCUT2D eigenvalue weighted by molar-refractivity contribution is -0.119. The van der Waals surface area contributed by atoms with Crippen molar-refractivity contribution in [3.05, 3.63) is 29.8 Å². The molecule has 0 heterocycles. The summed E-state index contributed by atoms with van der Waals surface area (Å²) in [7, 11) is 1.71. The van der Waals surface area contributed by atoms with Crippen LogP contribution in [0.5, 0.6) is 0 Å². The molecule has 1 aromatic rings. The number of nitrogens with two attached hydrogens (primary N) is 1. The molecule has 1 aromatic carbocycles. The molecule has 122 valence electrons. The molecule has 0 saturated carbocycles. The van der Waals surface area contributed by atoms with Gasteiger partial charge in [0.05, 0.1) is 5.92 Å². The third-order valence-electron chi connectivity index (χ3n) is 2.57. The van der Waals surface area contributed by atoms with E-state index in [-0.39, 0.29) is 11.8 Å². The minimum Gasteiger partial charge on any atom is -0.385 e. The summed E-state index contributed by atoms with van der Waals surface area (Å²) < 4.78 is 4.99. The standard InChI is InChI=1S/C13H19NO2S.2C2H6/c1-10(13(14)15)11-4-6-12(7-5-11)17-9-3-8-16-2;2*1-2/h4-7,10H,3,8-9H2,1-2H3,(H2,14,15);2*1-2H3. The average Bonchev–Trinajstić information content (AvgIpc) is 2.55. The van der Waals surface area contributed by atoms with Crippen LogP contribution >= 0.6 is 11.8 Å². The summed E-state index contributed by atoms with van der Waals surface area (Å²) in [5.41, 5.74) is 6.23. The van der Waals surface area contributed by atoms with E-state index in [9.17, 15) is 4.79 Å². The number of carbonyl (C=O) groups is 1. The van der Waals surface area contributed by atoms with Gasteiger partial charge < -0.3 is 10.5 Å². The van der Waals surface area contributed by atoms with Crippen LogP contribution in [0.25, 0.3) is 0 Å². The molecule has 0 fully saturated rings. The Balaban J connectivity index is 0. The maximum Gasteiger partial charge on any atom is 0.224 e. The quantitative estimate of drug-likeness (QED) is 0.597. The molecular weight excluding hydrogens is 282 g/mol. The lowest BCUT2D eigenvalue weighted by Gasteiger charge is -2.08. The summed E-state index contributed by atoms with van der Waals surface area (Å²) >= 11 is 1.79. The van der Waals surface area contributed by atoms with E-state index in [2.05, 4.69) is 0 Å². The van der Waals surface area contributed by atoms with Crippen molar-refractivity contribution in [1.82, 2.24) is 0 Å². The fourth-order valence-electron chi connectivity index (χ4n) is 1.41. The molecule has 1 amide bonds. The molecule has 0 bridgehead atoms. The van der Waals surface area contributed by atoms with E-state index in [1.807, 2.05) is 58.9 Å². The molecule has 1 atom stereocenters. The van der Waals surface area contributed by atoms with Crippen LogP contribution in [0.15, 0.2) is 29.2 Å². The zero-order chi connectivity index (χ0) is 16.7. The Morgan fingerprint density at radius 3 is 2.14 bits per heavy atom. The fraction of sp³-hybridized carbons (Fsp3) is 0.588. The van der Waals surface area contributed by atoms with Crippen LogP contribution in [0.1, 0.15) is 52.5 Å². The maximum atomic E-state index is 11.0. The summed E-state index contributed by atoms with van der Waals surface area (Å²) in [6, 6.07) is 8.00. The van der Waals surface area contributed by atoms with Gasteiger partial charge in [0.25, 0.3) is 0 Å². The van der Waals surface area contributed by atoms with Gasteiger partial charge in [0.2, 0.25) is 5.91 Å². The van der Waals surface area contributed by atoms with Crippen LogP contribution in [0.2, 0.25) is 0 Å². The number of carbonyl (C=O) groups excluding carboxylic acids is 1. The Kier molecular flexibility index (Phi) is 16.3. The number of ether oxygens (including phenoxy) is 1. The minimum atomic E-state index is -0.287. The second-order valence-electron chi connectivity index (χ2n) is 3.89. The summed E-state index contributed by atoms with van der Waals surface area (Å²) in [6.07, 6.45) is 1.04. The van der Waals surface area contributed by atoms with Gasteiger partial charge in [0.15, 0.2) is 0 Å². The number of methoxy groups -OCH3 is 1. The molecule has 2 N–H and O–H groups in total. The van der Waals surface area contributed by atoms with Crippen molar-refractivity contribution in [2.75, 3.05) is 19.5 Å². The molecule has 0 aromatic heterocycles. The van der Waals surface area contributed by atoms with E-state index >= 15 is 0 Å². The predicted octanol–water partition coefficient (Wildman–Crippen LogP) is 4.46. The lowest BCUT2D eigenvalue weighted by Crippen LogP contribution is -2.18. The third kappa shape index (κ3) is 10.4. The molecule has 0 saturated heterocycles. The van der Waals surface area contributed by atoms with Gasteiger partial charge in [-0.3, -0.25) is 4.79 Å². The van der Waals surface area contributed by atoms with E-state index in [4.69, 9.17) is 10.5 Å². The van der Waals surface area contributed by atoms with Gasteiger partial charge in [0, 0.05) is 24.4 Å². The summed E-state index contributed by atoms with van der Waals surface area (Å²) in [6.45, 7) is 10.6. The van der Waals surface area contributed by atoms with Crippen LogP contribution < -0.4 is 5.73 Å². The van der Waals surface area contributed by atoms with Gasteiger partial charge in [0.1, 0.15) is 0 Å². The van der Waals surface area contributed by atoms with Crippen molar-refractivity contribution in [3.8, 4) is 0 Å². The van der Waals surface area contributed by atoms with Crippen LogP contribution in [-0.2, 0) is 9.53 Å². The van der Waals surface area contributed by atoms with E-state index < -0.39 is 0 Å². The van der Waals surface area contributed by atoms with Crippen LogP contribution in [0, 0.1) is 0 Å². The van der Waals surface area contributed by atoms with E-state index in [1.54, 1.807) is 18.9 Å². The molecule has 0 aliphatic heterocycles. The topological polar surface area (TPSA) is 52.3 Å². The van der Waals surface area contributed by atoms with Gasteiger partial charge in [-0.05, 0) is 31.0 Å². The second kappa shape index (κ2) is 15.4. The van der Waals surface area contributed by atoms with Crippen molar-refractivity contribution in [2.24, 2.45) is 5.73 Å². The Bertz CT molecular complexity index is 352. The van der Waals surface area contributed by atoms with Crippen LogP contribution in [0.3, 0.4) is 0 Å². The van der Waals surface area contributed by atoms with Gasteiger partial charge in [-0.25, -0.2) is 0 Å². The molecule has 0 aliphatic rings. The molecule has 3 nitrogen and oxygen atoms in total. The van der Waals surface area contributed by atoms with E-state index in [0.29, 0.717) is 0 Å². The molecule has 4 heteroatoms. The number of rotatable bonds is 7. The minimum absolute atomic E-state index is 0.220. The highest BCUT2D eigenvalue weighted by molar-refractivity contribution is 7.99. The largest absolute Gasteiger partial charge is 0.385 e. The van der Waals surface area contributed by atoms with Crippen molar-refractivity contribution in [3.63, 3.8) is 0 Å². The molecule has 1 rings (SSSR count). The second-order valence-corrected chi connectivity index (χ2v) is 5.06. The van der Waals surface area contributed by atoms with Crippen LogP contribution in [0.4, 0.5) is 0 Å². The SMILES string of the molecule is CC.CC.COCCCSc1ccc(C(C)C(N)=O)cc1. The average molecular weight is 314 g/mol. The molecule has 1 unspecified atom stereocenters. The maximum absolute atomic E-state index is 11.0. The normalized spacial score (nSPS) is 10.6. The number of thioether (sulfide) groups is 1. The zero-order valence-electron chi connectivity index (χ0n) is 14.3. The molecule has 0 radical (unpaired) electrons. The first-order valence-corrected chi connectivity index (χ1v) is 8.64. The number of amides is 1. The molecular formula is C17H31NO2S. The monoisotopic (exact) mass is 313 g/mol. The van der Waals surface area contributed by atoms with Crippen molar-refractivity contribution in [1.29, 1.82) is 0 Å². The highest BCUT2D eigenvalue weighted by Gasteiger charge is 2.10. The predicted molar refractivity (Wildman–Crippen MR) is 94.0 cm³/mol. The Hall–Kier alpha value is -1.00. The van der Waals surface area contributed by atoms with E-state index in [0.717, 1.165) is 24.3 Å². The summed E-state index contributed by atoms with van der Waals surface area (Å²) in [5, 5.41) is 0. The first kappa shape index (κ1) is 22.3. The molecule has 21 heavy (non-hydrogen) atoms. The number of benzene rings is 1. The summed E-state index contributed by atoms with van der Waals surface area (Å²) in [5.74, 6) is 0.534. The highest BCUT2D eigenvalue weighted by Crippen LogP contribution is 2.22. The number of hydrogen-bond donors (Lipinski definition) is 1. The molecule has 0 aliphatic carbocycles. The Labute approximate surface area is 134 Å². The number of primary amides is 1. The van der Waals surface area contributed by atoms with Gasteiger partial charge in [-0.15, -0.1) is 11.8 Å². The Morgan fingerprint density at radius 1 is 1.19 bits per heavy atom. The molecule has 0 spiro atoms. The van der Waals surface area contributed by atoms with Crippen LogP contribution in [-0.4, -0.2) is 25.4 Å². The smallest absolute Gasteiger partial charge is 0.224 e. The third-order valence-corrected chi connectivity index (χ3v) is 3.67. The van der Waals surface area contributed by atoms with Gasteiger partial charge in [-0.2, -0.15) is 0 Å². The zero-order valence-corrected chi connectivity index (χ0v) is 15.1.